The largest absolute Gasteiger partial charge is 0.393 e. The highest BCUT2D eigenvalue weighted by atomic mass is 35.5. The van der Waals surface area contributed by atoms with Gasteiger partial charge in [-0.15, -0.1) is 5.10 Å². The Labute approximate surface area is 247 Å². The van der Waals surface area contributed by atoms with Gasteiger partial charge >= 0.3 is 0 Å². The second-order valence-corrected chi connectivity index (χ2v) is 10.4. The summed E-state index contributed by atoms with van der Waals surface area (Å²) in [6.45, 7) is 3.28. The van der Waals surface area contributed by atoms with Crippen LogP contribution in [0.25, 0.3) is 5.69 Å². The SMILES string of the molecule is CN/C=C1/C=C(NC(=O)C(CCOC(C)C)N2CC(=O)N(c3cc(Cl)ccc3-n3cc(Cl)nn3)CC2=O)C=CC1=N. The molecule has 1 aromatic carbocycles. The number of benzene rings is 1. The number of carbonyl (C=O) groups is 3. The number of amides is 3. The second kappa shape index (κ2) is 13.1. The van der Waals surface area contributed by atoms with Gasteiger partial charge < -0.3 is 25.7 Å². The first kappa shape index (κ1) is 30.0. The third-order valence-corrected chi connectivity index (χ3v) is 6.71. The quantitative estimate of drug-likeness (QED) is 0.380. The molecule has 2 heterocycles. The van der Waals surface area contributed by atoms with E-state index in [1.807, 2.05) is 13.8 Å². The molecule has 3 N–H and O–H groups in total. The first-order chi connectivity index (χ1) is 19.6. The van der Waals surface area contributed by atoms with Gasteiger partial charge in [-0.2, -0.15) is 0 Å². The number of anilines is 1. The summed E-state index contributed by atoms with van der Waals surface area (Å²) in [5.41, 5.74) is 2.12. The predicted octanol–water partition coefficient (Wildman–Crippen LogP) is 2.63. The smallest absolute Gasteiger partial charge is 0.247 e. The van der Waals surface area contributed by atoms with Crippen molar-refractivity contribution in [2.75, 3.05) is 31.6 Å². The predicted molar refractivity (Wildman–Crippen MR) is 155 cm³/mol. The topological polar surface area (TPSA) is 146 Å². The number of nitrogens with one attached hydrogen (secondary N) is 3. The van der Waals surface area contributed by atoms with E-state index in [1.165, 1.54) is 20.7 Å². The number of carbonyl (C=O) groups excluding carboxylic acids is 3. The van der Waals surface area contributed by atoms with E-state index in [0.717, 1.165) is 0 Å². The first-order valence-electron chi connectivity index (χ1n) is 12.8. The molecule has 2 aliphatic rings. The van der Waals surface area contributed by atoms with Crippen LogP contribution in [0.3, 0.4) is 0 Å². The molecule has 0 spiro atoms. The number of rotatable bonds is 10. The zero-order valence-corrected chi connectivity index (χ0v) is 24.2. The van der Waals surface area contributed by atoms with Gasteiger partial charge in [0.25, 0.3) is 0 Å². The van der Waals surface area contributed by atoms with Crippen molar-refractivity contribution in [2.24, 2.45) is 0 Å². The molecule has 1 fully saturated rings. The number of nitrogens with zero attached hydrogens (tertiary/aromatic N) is 5. The van der Waals surface area contributed by atoms with Gasteiger partial charge in [-0.1, -0.05) is 28.4 Å². The molecule has 0 saturated carbocycles. The fourth-order valence-corrected chi connectivity index (χ4v) is 4.68. The van der Waals surface area contributed by atoms with Crippen LogP contribution in [0, 0.1) is 5.41 Å². The Morgan fingerprint density at radius 3 is 2.63 bits per heavy atom. The monoisotopic (exact) mass is 600 g/mol. The molecule has 41 heavy (non-hydrogen) atoms. The maximum atomic E-state index is 13.5. The molecule has 1 aliphatic carbocycles. The number of piperazine rings is 1. The fraction of sp³-hybridized carbons (Fsp3) is 0.333. The molecule has 1 aliphatic heterocycles. The van der Waals surface area contributed by atoms with Crippen LogP contribution in [-0.2, 0) is 19.1 Å². The minimum absolute atomic E-state index is 0.0799. The van der Waals surface area contributed by atoms with Crippen LogP contribution in [0.1, 0.15) is 20.3 Å². The normalized spacial score (nSPS) is 17.4. The maximum absolute atomic E-state index is 13.5. The van der Waals surface area contributed by atoms with Gasteiger partial charge in [-0.05, 0) is 50.3 Å². The lowest BCUT2D eigenvalue weighted by Crippen LogP contribution is -2.60. The van der Waals surface area contributed by atoms with Crippen molar-refractivity contribution in [3.05, 3.63) is 70.3 Å². The van der Waals surface area contributed by atoms with E-state index in [4.69, 9.17) is 33.3 Å². The Bertz CT molecular complexity index is 1450. The lowest BCUT2D eigenvalue weighted by Gasteiger charge is -2.38. The highest BCUT2D eigenvalue weighted by Gasteiger charge is 2.39. The second-order valence-electron chi connectivity index (χ2n) is 9.57. The molecule has 14 heteroatoms. The third kappa shape index (κ3) is 7.20. The van der Waals surface area contributed by atoms with E-state index < -0.39 is 23.8 Å². The Kier molecular flexibility index (Phi) is 9.58. The van der Waals surface area contributed by atoms with Crippen molar-refractivity contribution in [3.63, 3.8) is 0 Å². The summed E-state index contributed by atoms with van der Waals surface area (Å²) in [5, 5.41) is 22.0. The molecule has 12 nitrogen and oxygen atoms in total. The van der Waals surface area contributed by atoms with E-state index in [-0.39, 0.29) is 43.1 Å². The van der Waals surface area contributed by atoms with Crippen molar-refractivity contribution in [3.8, 4) is 5.69 Å². The lowest BCUT2D eigenvalue weighted by molar-refractivity contribution is -0.145. The summed E-state index contributed by atoms with van der Waals surface area (Å²) in [6, 6.07) is 3.85. The first-order valence-corrected chi connectivity index (χ1v) is 13.6. The van der Waals surface area contributed by atoms with E-state index >= 15 is 0 Å². The molecule has 216 valence electrons. The number of hydrogen-bond acceptors (Lipinski definition) is 8. The average Bonchev–Trinajstić information content (AvgIpc) is 3.35. The number of allylic oxidation sites excluding steroid dienone is 4. The van der Waals surface area contributed by atoms with Crippen molar-refractivity contribution < 1.29 is 19.1 Å². The molecule has 1 unspecified atom stereocenters. The zero-order valence-electron chi connectivity index (χ0n) is 22.7. The van der Waals surface area contributed by atoms with Gasteiger partial charge in [0.15, 0.2) is 5.15 Å². The van der Waals surface area contributed by atoms with Gasteiger partial charge in [0.05, 0.1) is 29.4 Å². The highest BCUT2D eigenvalue weighted by molar-refractivity contribution is 6.31. The minimum Gasteiger partial charge on any atom is -0.393 e. The zero-order chi connectivity index (χ0) is 29.7. The van der Waals surface area contributed by atoms with E-state index in [0.29, 0.717) is 27.7 Å². The summed E-state index contributed by atoms with van der Waals surface area (Å²) < 4.78 is 7.06. The number of halogens is 2. The van der Waals surface area contributed by atoms with Crippen LogP contribution in [0.4, 0.5) is 5.69 Å². The molecule has 4 rings (SSSR count). The molecule has 1 atom stereocenters. The van der Waals surface area contributed by atoms with Gasteiger partial charge in [0.2, 0.25) is 17.7 Å². The molecule has 1 saturated heterocycles. The van der Waals surface area contributed by atoms with Crippen molar-refractivity contribution >= 4 is 52.3 Å². The molecular formula is C27H30Cl2N8O4. The van der Waals surface area contributed by atoms with Crippen molar-refractivity contribution in [1.29, 1.82) is 5.41 Å². The van der Waals surface area contributed by atoms with Crippen LogP contribution in [0.2, 0.25) is 10.2 Å². The Morgan fingerprint density at radius 1 is 1.17 bits per heavy atom. The summed E-state index contributed by atoms with van der Waals surface area (Å²) in [7, 11) is 1.71. The summed E-state index contributed by atoms with van der Waals surface area (Å²) in [5.74, 6) is -1.31. The molecular weight excluding hydrogens is 571 g/mol. The highest BCUT2D eigenvalue weighted by Crippen LogP contribution is 2.30. The van der Waals surface area contributed by atoms with Crippen LogP contribution in [-0.4, -0.2) is 82.2 Å². The van der Waals surface area contributed by atoms with E-state index in [1.54, 1.807) is 49.7 Å². The minimum atomic E-state index is -0.979. The molecule has 1 aromatic heterocycles. The van der Waals surface area contributed by atoms with E-state index in [9.17, 15) is 14.4 Å². The van der Waals surface area contributed by atoms with Crippen molar-refractivity contribution in [2.45, 2.75) is 32.4 Å². The Balaban J connectivity index is 1.58. The average molecular weight is 601 g/mol. The Morgan fingerprint density at radius 2 is 1.95 bits per heavy atom. The fourth-order valence-electron chi connectivity index (χ4n) is 4.39. The van der Waals surface area contributed by atoms with Gasteiger partial charge in [0, 0.05) is 42.6 Å². The Hall–Kier alpha value is -4.00. The van der Waals surface area contributed by atoms with Crippen LogP contribution >= 0.6 is 23.2 Å². The standard InChI is InChI=1S/C27H30Cl2N8O4/c1-16(2)41-9-8-22(27(40)32-19-5-6-20(30)17(10-19)12-31-3)35-14-26(39)36(15-25(35)38)23-11-18(28)4-7-21(23)37-13-24(29)33-34-37/h4-7,10-13,16,22,30-31H,8-9,14-15H2,1-3H3,(H,32,40)/b17-12-,30-20?. The molecule has 2 aromatic rings. The van der Waals surface area contributed by atoms with Gasteiger partial charge in [-0.3, -0.25) is 19.3 Å². The van der Waals surface area contributed by atoms with Crippen LogP contribution in [0.5, 0.6) is 0 Å². The van der Waals surface area contributed by atoms with Crippen molar-refractivity contribution in [1.82, 2.24) is 30.5 Å². The number of hydrogen-bond donors (Lipinski definition) is 3. The summed E-state index contributed by atoms with van der Waals surface area (Å²) >= 11 is 12.2. The maximum Gasteiger partial charge on any atom is 0.247 e. The summed E-state index contributed by atoms with van der Waals surface area (Å²) in [6.07, 6.45) is 8.04. The molecule has 3 amide bonds. The van der Waals surface area contributed by atoms with Gasteiger partial charge in [-0.25, -0.2) is 4.68 Å². The summed E-state index contributed by atoms with van der Waals surface area (Å²) in [4.78, 5) is 43.1. The molecule has 0 bridgehead atoms. The lowest BCUT2D eigenvalue weighted by atomic mass is 10.0. The number of aromatic nitrogens is 3. The van der Waals surface area contributed by atoms with Gasteiger partial charge in [0.1, 0.15) is 19.1 Å². The van der Waals surface area contributed by atoms with Crippen LogP contribution < -0.4 is 15.5 Å². The van der Waals surface area contributed by atoms with Crippen LogP contribution in [0.15, 0.2) is 60.1 Å². The number of ether oxygens (including phenoxy) is 1. The van der Waals surface area contributed by atoms with E-state index in [2.05, 4.69) is 20.9 Å². The molecule has 0 radical (unpaired) electrons. The third-order valence-electron chi connectivity index (χ3n) is 6.30.